The fourth-order valence-electron chi connectivity index (χ4n) is 1.61. The van der Waals surface area contributed by atoms with Crippen LogP contribution in [0.25, 0.3) is 0 Å². The number of hydrogen-bond donors (Lipinski definition) is 3. The van der Waals surface area contributed by atoms with Crippen LogP contribution in [0.2, 0.25) is 0 Å². The number of aliphatic hydroxyl groups excluding tert-OH is 3. The van der Waals surface area contributed by atoms with Gasteiger partial charge in [-0.25, -0.2) is 0 Å². The Morgan fingerprint density at radius 2 is 1.25 bits per heavy atom. The summed E-state index contributed by atoms with van der Waals surface area (Å²) in [6, 6.07) is 0. The van der Waals surface area contributed by atoms with Gasteiger partial charge in [0, 0.05) is 13.2 Å². The molecule has 0 rings (SSSR count). The monoisotopic (exact) mass is 264 g/mol. The minimum absolute atomic E-state index is 0.0647. The van der Waals surface area contributed by atoms with Crippen LogP contribution >= 0.6 is 24.4 Å². The molecule has 0 aromatic rings. The van der Waals surface area contributed by atoms with Crippen LogP contribution in [0.5, 0.6) is 0 Å². The van der Waals surface area contributed by atoms with E-state index < -0.39 is 6.10 Å². The minimum atomic E-state index is -0.480. The number of aliphatic hydroxyl groups is 3. The second kappa shape index (κ2) is 10.2. The molecule has 0 radical (unpaired) electrons. The summed E-state index contributed by atoms with van der Waals surface area (Å²) in [6.07, 6.45) is 1.79. The first kappa shape index (κ1) is 16.1. The Kier molecular flexibility index (Phi) is 10.3. The SMILES string of the molecule is OCCC(C=S)CC(O)CC(C=S)CCO. The topological polar surface area (TPSA) is 60.7 Å². The molecule has 0 saturated carbocycles. The molecule has 0 amide bonds. The van der Waals surface area contributed by atoms with Gasteiger partial charge in [0.15, 0.2) is 0 Å². The van der Waals surface area contributed by atoms with E-state index in [0.29, 0.717) is 25.7 Å². The molecule has 0 aliphatic heterocycles. The number of thiocarbonyl (C=S) groups is 2. The maximum atomic E-state index is 9.81. The Bertz CT molecular complexity index is 180. The largest absolute Gasteiger partial charge is 0.396 e. The smallest absolute Gasteiger partial charge is 0.0552 e. The van der Waals surface area contributed by atoms with Crippen molar-refractivity contribution < 1.29 is 15.3 Å². The lowest BCUT2D eigenvalue weighted by Gasteiger charge is -2.19. The highest BCUT2D eigenvalue weighted by atomic mass is 32.1. The summed E-state index contributed by atoms with van der Waals surface area (Å²) in [5, 5.41) is 30.6. The molecule has 16 heavy (non-hydrogen) atoms. The standard InChI is InChI=1S/C11H20O3S2/c12-3-1-9(7-15)5-11(14)6-10(8-16)2-4-13/h7-14H,1-6H2. The van der Waals surface area contributed by atoms with Crippen LogP contribution < -0.4 is 0 Å². The zero-order valence-corrected chi connectivity index (χ0v) is 10.9. The van der Waals surface area contributed by atoms with Crippen molar-refractivity contribution in [3.63, 3.8) is 0 Å². The molecule has 3 N–H and O–H groups in total. The van der Waals surface area contributed by atoms with Crippen molar-refractivity contribution in [1.82, 2.24) is 0 Å². The molecule has 2 atom stereocenters. The van der Waals surface area contributed by atoms with E-state index >= 15 is 0 Å². The second-order valence-electron chi connectivity index (χ2n) is 3.94. The maximum Gasteiger partial charge on any atom is 0.0552 e. The Morgan fingerprint density at radius 1 is 0.875 bits per heavy atom. The van der Waals surface area contributed by atoms with Crippen molar-refractivity contribution in [2.24, 2.45) is 11.8 Å². The highest BCUT2D eigenvalue weighted by molar-refractivity contribution is 7.79. The normalized spacial score (nSPS) is 16.4. The van der Waals surface area contributed by atoms with Crippen molar-refractivity contribution >= 4 is 35.2 Å². The average molecular weight is 264 g/mol. The average Bonchev–Trinajstić information content (AvgIpc) is 2.27. The van der Waals surface area contributed by atoms with E-state index in [2.05, 4.69) is 0 Å². The predicted molar refractivity (Wildman–Crippen MR) is 72.9 cm³/mol. The summed E-state index contributed by atoms with van der Waals surface area (Å²) < 4.78 is 0. The Labute approximate surface area is 107 Å². The molecule has 0 spiro atoms. The van der Waals surface area contributed by atoms with Crippen molar-refractivity contribution in [2.75, 3.05) is 13.2 Å². The molecular formula is C11H20O3S2. The quantitative estimate of drug-likeness (QED) is 0.516. The first-order valence-electron chi connectivity index (χ1n) is 5.48. The van der Waals surface area contributed by atoms with Crippen LogP contribution in [0.4, 0.5) is 0 Å². The summed E-state index contributed by atoms with van der Waals surface area (Å²) >= 11 is 9.67. The van der Waals surface area contributed by atoms with Crippen LogP contribution in [0.15, 0.2) is 0 Å². The molecule has 0 bridgehead atoms. The fraction of sp³-hybridized carbons (Fsp3) is 0.818. The van der Waals surface area contributed by atoms with Crippen molar-refractivity contribution in [2.45, 2.75) is 31.8 Å². The van der Waals surface area contributed by atoms with Crippen LogP contribution in [-0.2, 0) is 0 Å². The maximum absolute atomic E-state index is 9.81. The minimum Gasteiger partial charge on any atom is -0.396 e. The van der Waals surface area contributed by atoms with Gasteiger partial charge in [-0.1, -0.05) is 24.4 Å². The third kappa shape index (κ3) is 7.35. The Morgan fingerprint density at radius 3 is 1.50 bits per heavy atom. The molecule has 94 valence electrons. The summed E-state index contributed by atoms with van der Waals surface area (Å²) in [5.74, 6) is 0.129. The molecule has 5 heteroatoms. The van der Waals surface area contributed by atoms with E-state index in [4.69, 9.17) is 34.6 Å². The van der Waals surface area contributed by atoms with Gasteiger partial charge in [0.1, 0.15) is 0 Å². The molecule has 0 aromatic heterocycles. The third-order valence-corrected chi connectivity index (χ3v) is 3.30. The zero-order chi connectivity index (χ0) is 12.4. The highest BCUT2D eigenvalue weighted by Gasteiger charge is 2.16. The first-order valence-corrected chi connectivity index (χ1v) is 6.42. The van der Waals surface area contributed by atoms with E-state index in [0.717, 1.165) is 0 Å². The van der Waals surface area contributed by atoms with Gasteiger partial charge < -0.3 is 15.3 Å². The third-order valence-electron chi connectivity index (χ3n) is 2.53. The van der Waals surface area contributed by atoms with Gasteiger partial charge in [0.25, 0.3) is 0 Å². The summed E-state index contributed by atoms with van der Waals surface area (Å²) in [6.45, 7) is 0.162. The second-order valence-corrected chi connectivity index (χ2v) is 4.49. The molecule has 0 aromatic carbocycles. The van der Waals surface area contributed by atoms with Gasteiger partial charge >= 0.3 is 0 Å². The summed E-state index contributed by atoms with van der Waals surface area (Å²) in [4.78, 5) is 0. The lowest BCUT2D eigenvalue weighted by molar-refractivity contribution is 0.124. The van der Waals surface area contributed by atoms with Gasteiger partial charge in [0.2, 0.25) is 0 Å². The predicted octanol–water partition coefficient (Wildman–Crippen LogP) is 1.12. The molecule has 0 aliphatic rings. The van der Waals surface area contributed by atoms with Gasteiger partial charge in [-0.3, -0.25) is 0 Å². The first-order chi connectivity index (χ1) is 7.67. The molecule has 3 nitrogen and oxygen atoms in total. The molecular weight excluding hydrogens is 244 g/mol. The molecule has 2 unspecified atom stereocenters. The van der Waals surface area contributed by atoms with E-state index in [1.54, 1.807) is 10.7 Å². The molecule has 0 fully saturated rings. The number of hydrogen-bond acceptors (Lipinski definition) is 5. The molecule has 0 aliphatic carbocycles. The van der Waals surface area contributed by atoms with Crippen LogP contribution in [-0.4, -0.2) is 45.4 Å². The van der Waals surface area contributed by atoms with E-state index in [-0.39, 0.29) is 25.0 Å². The van der Waals surface area contributed by atoms with Crippen LogP contribution in [0.3, 0.4) is 0 Å². The highest BCUT2D eigenvalue weighted by Crippen LogP contribution is 2.16. The van der Waals surface area contributed by atoms with Gasteiger partial charge in [-0.15, -0.1) is 0 Å². The Balaban J connectivity index is 3.97. The van der Waals surface area contributed by atoms with Crippen molar-refractivity contribution in [3.8, 4) is 0 Å². The zero-order valence-electron chi connectivity index (χ0n) is 9.29. The molecule has 0 saturated heterocycles. The summed E-state index contributed by atoms with van der Waals surface area (Å²) in [5.41, 5.74) is 0. The molecule has 0 heterocycles. The fourth-order valence-corrected chi connectivity index (χ4v) is 2.10. The van der Waals surface area contributed by atoms with Gasteiger partial charge in [0.05, 0.1) is 6.10 Å². The number of rotatable bonds is 10. The lowest BCUT2D eigenvalue weighted by Crippen LogP contribution is -2.20. The summed E-state index contributed by atoms with van der Waals surface area (Å²) in [7, 11) is 0. The van der Waals surface area contributed by atoms with Gasteiger partial charge in [-0.2, -0.15) is 0 Å². The van der Waals surface area contributed by atoms with Crippen molar-refractivity contribution in [3.05, 3.63) is 0 Å². The van der Waals surface area contributed by atoms with E-state index in [9.17, 15) is 5.11 Å². The Hall–Kier alpha value is 0.0600. The van der Waals surface area contributed by atoms with Crippen molar-refractivity contribution in [1.29, 1.82) is 0 Å². The van der Waals surface area contributed by atoms with E-state index in [1.807, 2.05) is 0 Å². The lowest BCUT2D eigenvalue weighted by atomic mass is 9.93. The van der Waals surface area contributed by atoms with E-state index in [1.165, 1.54) is 0 Å². The van der Waals surface area contributed by atoms with Crippen LogP contribution in [0, 0.1) is 11.8 Å². The van der Waals surface area contributed by atoms with Crippen LogP contribution in [0.1, 0.15) is 25.7 Å². The van der Waals surface area contributed by atoms with Gasteiger partial charge in [-0.05, 0) is 48.3 Å².